The van der Waals surface area contributed by atoms with Gasteiger partial charge in [0, 0.05) is 6.07 Å². The van der Waals surface area contributed by atoms with E-state index in [1.807, 2.05) is 0 Å². The number of aromatic nitrogens is 4. The van der Waals surface area contributed by atoms with Gasteiger partial charge in [-0.1, -0.05) is 11.6 Å². The molecule has 16 heavy (non-hydrogen) atoms. The van der Waals surface area contributed by atoms with Crippen molar-refractivity contribution in [2.75, 3.05) is 0 Å². The minimum Gasteiger partial charge on any atom is -0.333 e. The molecule has 0 atom stereocenters. The fourth-order valence-electron chi connectivity index (χ4n) is 1.06. The summed E-state index contributed by atoms with van der Waals surface area (Å²) in [6.45, 7) is 0. The molecule has 0 aliphatic heterocycles. The normalized spacial score (nSPS) is 11.8. The van der Waals surface area contributed by atoms with E-state index in [0.29, 0.717) is 6.20 Å². The standard InChI is InChI=1S/C8H4ClF3N4/c9-6-1-4(14-3-15-6)7-13-2-5(16-7)8(10,11)12/h1-3H,(H,13,16). The van der Waals surface area contributed by atoms with Gasteiger partial charge in [-0.2, -0.15) is 13.2 Å². The topological polar surface area (TPSA) is 54.5 Å². The SMILES string of the molecule is FC(F)(F)c1cnc(-c2cc(Cl)ncn2)[nH]1. The summed E-state index contributed by atoms with van der Waals surface area (Å²) in [4.78, 5) is 13.0. The highest BCUT2D eigenvalue weighted by Gasteiger charge is 2.33. The van der Waals surface area contributed by atoms with E-state index in [-0.39, 0.29) is 16.7 Å². The molecule has 84 valence electrons. The first-order valence-corrected chi connectivity index (χ1v) is 4.45. The zero-order valence-corrected chi connectivity index (χ0v) is 8.34. The summed E-state index contributed by atoms with van der Waals surface area (Å²) >= 11 is 5.58. The lowest BCUT2D eigenvalue weighted by molar-refractivity contribution is -0.140. The zero-order chi connectivity index (χ0) is 11.8. The van der Waals surface area contributed by atoms with Crippen LogP contribution in [0.2, 0.25) is 5.15 Å². The lowest BCUT2D eigenvalue weighted by Gasteiger charge is -2.01. The molecule has 0 aliphatic rings. The van der Waals surface area contributed by atoms with Crippen LogP contribution in [-0.4, -0.2) is 19.9 Å². The van der Waals surface area contributed by atoms with Crippen LogP contribution in [0.1, 0.15) is 5.69 Å². The van der Waals surface area contributed by atoms with Crippen molar-refractivity contribution in [1.29, 1.82) is 0 Å². The Morgan fingerprint density at radius 2 is 1.94 bits per heavy atom. The molecule has 0 aliphatic carbocycles. The minimum absolute atomic E-state index is 0.00312. The summed E-state index contributed by atoms with van der Waals surface area (Å²) in [5, 5.41) is 0.134. The molecule has 2 heterocycles. The molecule has 1 N–H and O–H groups in total. The lowest BCUT2D eigenvalue weighted by atomic mass is 10.4. The maximum absolute atomic E-state index is 12.3. The maximum Gasteiger partial charge on any atom is 0.432 e. The Bertz CT molecular complexity index is 508. The predicted octanol–water partition coefficient (Wildman–Crippen LogP) is 2.54. The highest BCUT2D eigenvalue weighted by atomic mass is 35.5. The van der Waals surface area contributed by atoms with Crippen LogP contribution < -0.4 is 0 Å². The molecule has 8 heteroatoms. The first-order valence-electron chi connectivity index (χ1n) is 4.07. The number of imidazole rings is 1. The average Bonchev–Trinajstić information content (AvgIpc) is 2.65. The van der Waals surface area contributed by atoms with Crippen LogP contribution in [0.3, 0.4) is 0 Å². The van der Waals surface area contributed by atoms with Crippen LogP contribution in [0.15, 0.2) is 18.6 Å². The average molecular weight is 249 g/mol. The van der Waals surface area contributed by atoms with Crippen LogP contribution in [0.5, 0.6) is 0 Å². The molecule has 0 unspecified atom stereocenters. The molecule has 2 aromatic heterocycles. The van der Waals surface area contributed by atoms with Crippen molar-refractivity contribution in [3.8, 4) is 11.5 Å². The monoisotopic (exact) mass is 248 g/mol. The molecule has 0 fully saturated rings. The van der Waals surface area contributed by atoms with Crippen LogP contribution in [-0.2, 0) is 6.18 Å². The van der Waals surface area contributed by atoms with Crippen LogP contribution in [0, 0.1) is 0 Å². The summed E-state index contributed by atoms with van der Waals surface area (Å²) in [5.41, 5.74) is -0.729. The molecule has 0 amide bonds. The van der Waals surface area contributed by atoms with Gasteiger partial charge in [-0.05, 0) is 0 Å². The second-order valence-electron chi connectivity index (χ2n) is 2.87. The number of rotatable bonds is 1. The molecule has 4 nitrogen and oxygen atoms in total. The smallest absolute Gasteiger partial charge is 0.333 e. The molecular formula is C8H4ClF3N4. The molecule has 0 radical (unpaired) electrons. The van der Waals surface area contributed by atoms with Crippen molar-refractivity contribution in [2.45, 2.75) is 6.18 Å². The summed E-state index contributed by atoms with van der Waals surface area (Å²) in [7, 11) is 0. The largest absolute Gasteiger partial charge is 0.432 e. The summed E-state index contributed by atoms with van der Waals surface area (Å²) in [6, 6.07) is 1.32. The summed E-state index contributed by atoms with van der Waals surface area (Å²) < 4.78 is 36.8. The van der Waals surface area contributed by atoms with Crippen molar-refractivity contribution in [1.82, 2.24) is 19.9 Å². The number of aromatic amines is 1. The van der Waals surface area contributed by atoms with Crippen LogP contribution >= 0.6 is 11.6 Å². The van der Waals surface area contributed by atoms with Crippen LogP contribution in [0.25, 0.3) is 11.5 Å². The van der Waals surface area contributed by atoms with E-state index in [1.54, 1.807) is 0 Å². The van der Waals surface area contributed by atoms with E-state index in [9.17, 15) is 13.2 Å². The Hall–Kier alpha value is -1.63. The van der Waals surface area contributed by atoms with Gasteiger partial charge in [-0.3, -0.25) is 0 Å². The number of hydrogen-bond acceptors (Lipinski definition) is 3. The fourth-order valence-corrected chi connectivity index (χ4v) is 1.21. The number of hydrogen-bond donors (Lipinski definition) is 1. The lowest BCUT2D eigenvalue weighted by Crippen LogP contribution is -2.04. The quantitative estimate of drug-likeness (QED) is 0.789. The van der Waals surface area contributed by atoms with Gasteiger partial charge in [0.2, 0.25) is 0 Å². The number of nitrogens with zero attached hydrogens (tertiary/aromatic N) is 3. The van der Waals surface area contributed by atoms with Gasteiger partial charge in [-0.25, -0.2) is 15.0 Å². The van der Waals surface area contributed by atoms with Gasteiger partial charge in [-0.15, -0.1) is 0 Å². The number of H-pyrrole nitrogens is 1. The fraction of sp³-hybridized carbons (Fsp3) is 0.125. The summed E-state index contributed by atoms with van der Waals surface area (Å²) in [6.07, 6.45) is -2.61. The Balaban J connectivity index is 2.39. The van der Waals surface area contributed by atoms with E-state index in [2.05, 4.69) is 19.9 Å². The van der Waals surface area contributed by atoms with Gasteiger partial charge in [0.25, 0.3) is 0 Å². The first kappa shape index (κ1) is 10.9. The number of halogens is 4. The van der Waals surface area contributed by atoms with Gasteiger partial charge in [0.1, 0.15) is 22.9 Å². The van der Waals surface area contributed by atoms with Crippen molar-refractivity contribution in [2.24, 2.45) is 0 Å². The van der Waals surface area contributed by atoms with E-state index in [0.717, 1.165) is 6.33 Å². The minimum atomic E-state index is -4.46. The molecular weight excluding hydrogens is 245 g/mol. The molecule has 0 saturated heterocycles. The third kappa shape index (κ3) is 2.13. The zero-order valence-electron chi connectivity index (χ0n) is 7.59. The molecule has 0 bridgehead atoms. The van der Waals surface area contributed by atoms with Crippen molar-refractivity contribution >= 4 is 11.6 Å². The van der Waals surface area contributed by atoms with Gasteiger partial charge >= 0.3 is 6.18 Å². The van der Waals surface area contributed by atoms with E-state index >= 15 is 0 Å². The molecule has 0 spiro atoms. The predicted molar refractivity (Wildman–Crippen MR) is 49.6 cm³/mol. The number of alkyl halides is 3. The van der Waals surface area contributed by atoms with Gasteiger partial charge < -0.3 is 4.98 Å². The first-order chi connectivity index (χ1) is 7.47. The van der Waals surface area contributed by atoms with Crippen LogP contribution in [0.4, 0.5) is 13.2 Å². The Morgan fingerprint density at radius 3 is 2.50 bits per heavy atom. The molecule has 2 aromatic rings. The third-order valence-corrected chi connectivity index (χ3v) is 1.96. The maximum atomic E-state index is 12.3. The van der Waals surface area contributed by atoms with Gasteiger partial charge in [0.05, 0.1) is 6.20 Å². The van der Waals surface area contributed by atoms with E-state index < -0.39 is 11.9 Å². The molecule has 0 aromatic carbocycles. The molecule has 0 saturated carbocycles. The van der Waals surface area contributed by atoms with Crippen molar-refractivity contribution in [3.05, 3.63) is 29.4 Å². The second kappa shape index (κ2) is 3.75. The highest BCUT2D eigenvalue weighted by molar-refractivity contribution is 6.29. The van der Waals surface area contributed by atoms with Gasteiger partial charge in [0.15, 0.2) is 5.82 Å². The highest BCUT2D eigenvalue weighted by Crippen LogP contribution is 2.29. The summed E-state index contributed by atoms with van der Waals surface area (Å²) in [5.74, 6) is -0.00312. The van der Waals surface area contributed by atoms with E-state index in [1.165, 1.54) is 6.07 Å². The van der Waals surface area contributed by atoms with Crippen molar-refractivity contribution in [3.63, 3.8) is 0 Å². The number of nitrogens with one attached hydrogen (secondary N) is 1. The third-order valence-electron chi connectivity index (χ3n) is 1.76. The Kier molecular flexibility index (Phi) is 2.55. The molecule has 2 rings (SSSR count). The van der Waals surface area contributed by atoms with E-state index in [4.69, 9.17) is 11.6 Å². The Morgan fingerprint density at radius 1 is 1.19 bits per heavy atom. The second-order valence-corrected chi connectivity index (χ2v) is 3.26. The van der Waals surface area contributed by atoms with Crippen molar-refractivity contribution < 1.29 is 13.2 Å². The Labute approximate surface area is 92.5 Å².